The quantitative estimate of drug-likeness (QED) is 0.572. The second-order valence-electron chi connectivity index (χ2n) is 1.82. The maximum Gasteiger partial charge on any atom is 0.243 e. The summed E-state index contributed by atoms with van der Waals surface area (Å²) in [7, 11) is 1.51. The van der Waals surface area contributed by atoms with Gasteiger partial charge in [0.15, 0.2) is 0 Å². The molecule has 0 fully saturated rings. The zero-order valence-corrected chi connectivity index (χ0v) is 5.87. The monoisotopic (exact) mass is 140 g/mol. The number of methoxy groups -OCH3 is 1. The minimum Gasteiger partial charge on any atom is -0.480 e. The van der Waals surface area contributed by atoms with Crippen molar-refractivity contribution in [1.82, 2.24) is 9.78 Å². The van der Waals surface area contributed by atoms with Gasteiger partial charge < -0.3 is 4.74 Å². The van der Waals surface area contributed by atoms with Crippen LogP contribution in [0.3, 0.4) is 0 Å². The molecule has 1 rings (SSSR count). The Kier molecular flexibility index (Phi) is 1.71. The van der Waals surface area contributed by atoms with Gasteiger partial charge in [-0.1, -0.05) is 0 Å². The molecule has 0 radical (unpaired) electrons. The molecule has 1 heterocycles. The van der Waals surface area contributed by atoms with Crippen LogP contribution < -0.4 is 4.74 Å². The van der Waals surface area contributed by atoms with E-state index >= 15 is 0 Å². The largest absolute Gasteiger partial charge is 0.480 e. The predicted molar refractivity (Wildman–Crippen MR) is 35.1 cm³/mol. The van der Waals surface area contributed by atoms with E-state index in [2.05, 4.69) is 5.10 Å². The fourth-order valence-electron chi connectivity index (χ4n) is 0.591. The summed E-state index contributed by atoms with van der Waals surface area (Å²) in [6, 6.07) is 1.63. The molecule has 0 atom stereocenters. The van der Waals surface area contributed by atoms with Gasteiger partial charge in [0.25, 0.3) is 0 Å². The summed E-state index contributed by atoms with van der Waals surface area (Å²) in [5.74, 6) is 0.332. The minimum absolute atomic E-state index is 0.122. The first-order valence-corrected chi connectivity index (χ1v) is 2.84. The highest BCUT2D eigenvalue weighted by Crippen LogP contribution is 2.02. The first kappa shape index (κ1) is 6.80. The third-order valence-corrected chi connectivity index (χ3v) is 1.10. The molecule has 0 saturated heterocycles. The van der Waals surface area contributed by atoms with E-state index in [1.54, 1.807) is 12.3 Å². The molecule has 0 spiro atoms. The molecule has 4 heteroatoms. The number of aromatic nitrogens is 2. The Morgan fingerprint density at radius 2 is 2.50 bits per heavy atom. The Hall–Kier alpha value is -1.32. The number of hydrogen-bond acceptors (Lipinski definition) is 3. The number of ether oxygens (including phenoxy) is 1. The lowest BCUT2D eigenvalue weighted by Gasteiger charge is -1.90. The van der Waals surface area contributed by atoms with Gasteiger partial charge in [-0.3, -0.25) is 4.79 Å². The van der Waals surface area contributed by atoms with Crippen molar-refractivity contribution in [3.63, 3.8) is 0 Å². The lowest BCUT2D eigenvalue weighted by molar-refractivity contribution is 0.0919. The Morgan fingerprint density at radius 3 is 2.80 bits per heavy atom. The zero-order valence-electron chi connectivity index (χ0n) is 5.87. The Morgan fingerprint density at radius 1 is 1.80 bits per heavy atom. The van der Waals surface area contributed by atoms with Gasteiger partial charge >= 0.3 is 0 Å². The summed E-state index contributed by atoms with van der Waals surface area (Å²) in [5.41, 5.74) is 0. The maximum atomic E-state index is 10.6. The molecule has 10 heavy (non-hydrogen) atoms. The van der Waals surface area contributed by atoms with Crippen LogP contribution in [0.2, 0.25) is 0 Å². The van der Waals surface area contributed by atoms with E-state index in [-0.39, 0.29) is 5.91 Å². The molecule has 1 aromatic rings. The van der Waals surface area contributed by atoms with E-state index < -0.39 is 0 Å². The Labute approximate surface area is 58.4 Å². The van der Waals surface area contributed by atoms with Crippen molar-refractivity contribution in [3.8, 4) is 5.88 Å². The van der Waals surface area contributed by atoms with Crippen LogP contribution >= 0.6 is 0 Å². The van der Waals surface area contributed by atoms with Crippen LogP contribution in [0.5, 0.6) is 5.88 Å². The molecule has 0 aliphatic heterocycles. The molecule has 0 bridgehead atoms. The van der Waals surface area contributed by atoms with Crippen LogP contribution in [0.1, 0.15) is 11.7 Å². The van der Waals surface area contributed by atoms with Crippen molar-refractivity contribution in [2.75, 3.05) is 7.11 Å². The van der Waals surface area contributed by atoms with E-state index in [4.69, 9.17) is 4.74 Å². The fraction of sp³-hybridized carbons (Fsp3) is 0.333. The molecule has 0 amide bonds. The first-order chi connectivity index (χ1) is 4.74. The molecule has 0 saturated carbocycles. The number of hydrogen-bond donors (Lipinski definition) is 0. The smallest absolute Gasteiger partial charge is 0.243 e. The van der Waals surface area contributed by atoms with Gasteiger partial charge in [-0.2, -0.15) is 0 Å². The zero-order chi connectivity index (χ0) is 7.56. The third kappa shape index (κ3) is 1.15. The molecule has 54 valence electrons. The van der Waals surface area contributed by atoms with Crippen molar-refractivity contribution in [1.29, 1.82) is 0 Å². The second-order valence-corrected chi connectivity index (χ2v) is 1.82. The number of carbonyl (C=O) groups excluding carboxylic acids is 1. The maximum absolute atomic E-state index is 10.6. The van der Waals surface area contributed by atoms with E-state index in [1.165, 1.54) is 18.7 Å². The standard InChI is InChI=1S/C6H8N2O2/c1-5(9)8-4-3-6(7-8)10-2/h3-4H,1-2H3. The van der Waals surface area contributed by atoms with Gasteiger partial charge in [0.2, 0.25) is 11.8 Å². The topological polar surface area (TPSA) is 44.1 Å². The molecule has 0 N–H and O–H groups in total. The number of rotatable bonds is 1. The average molecular weight is 140 g/mol. The highest BCUT2D eigenvalue weighted by Gasteiger charge is 1.99. The van der Waals surface area contributed by atoms with Gasteiger partial charge in [-0.25, -0.2) is 4.68 Å². The highest BCUT2D eigenvalue weighted by molar-refractivity contribution is 5.75. The van der Waals surface area contributed by atoms with Crippen molar-refractivity contribution >= 4 is 5.91 Å². The summed E-state index contributed by atoms with van der Waals surface area (Å²) < 4.78 is 5.98. The Balaban J connectivity index is 2.88. The first-order valence-electron chi connectivity index (χ1n) is 2.84. The summed E-state index contributed by atoms with van der Waals surface area (Å²) in [4.78, 5) is 10.6. The lowest BCUT2D eigenvalue weighted by Crippen LogP contribution is -2.05. The SMILES string of the molecule is COc1ccn(C(C)=O)n1. The van der Waals surface area contributed by atoms with Crippen LogP contribution in [0.15, 0.2) is 12.3 Å². The van der Waals surface area contributed by atoms with Crippen LogP contribution in [0, 0.1) is 0 Å². The number of nitrogens with zero attached hydrogens (tertiary/aromatic N) is 2. The van der Waals surface area contributed by atoms with Crippen LogP contribution in [-0.4, -0.2) is 22.8 Å². The molecule has 0 unspecified atom stereocenters. The molecular formula is C6H8N2O2. The molecule has 0 aliphatic rings. The fourth-order valence-corrected chi connectivity index (χ4v) is 0.591. The van der Waals surface area contributed by atoms with Gasteiger partial charge in [0.05, 0.1) is 7.11 Å². The minimum atomic E-state index is -0.122. The van der Waals surface area contributed by atoms with Gasteiger partial charge in [0.1, 0.15) is 0 Å². The molecule has 4 nitrogen and oxygen atoms in total. The van der Waals surface area contributed by atoms with Crippen LogP contribution in [-0.2, 0) is 0 Å². The van der Waals surface area contributed by atoms with Crippen molar-refractivity contribution < 1.29 is 9.53 Å². The van der Waals surface area contributed by atoms with E-state index in [0.717, 1.165) is 0 Å². The summed E-state index contributed by atoms with van der Waals surface area (Å²) in [6.07, 6.45) is 1.56. The van der Waals surface area contributed by atoms with Gasteiger partial charge in [-0.05, 0) is 0 Å². The third-order valence-electron chi connectivity index (χ3n) is 1.10. The molecular weight excluding hydrogens is 132 g/mol. The van der Waals surface area contributed by atoms with E-state index in [0.29, 0.717) is 5.88 Å². The highest BCUT2D eigenvalue weighted by atomic mass is 16.5. The van der Waals surface area contributed by atoms with Crippen molar-refractivity contribution in [2.45, 2.75) is 6.92 Å². The molecule has 0 aliphatic carbocycles. The van der Waals surface area contributed by atoms with E-state index in [9.17, 15) is 4.79 Å². The summed E-state index contributed by atoms with van der Waals surface area (Å²) in [6.45, 7) is 1.44. The molecule has 0 aromatic carbocycles. The average Bonchev–Trinajstić information content (AvgIpc) is 2.34. The van der Waals surface area contributed by atoms with E-state index in [1.807, 2.05) is 0 Å². The van der Waals surface area contributed by atoms with Crippen molar-refractivity contribution in [2.24, 2.45) is 0 Å². The van der Waals surface area contributed by atoms with Gasteiger partial charge in [0, 0.05) is 19.2 Å². The Bertz CT molecular complexity index is 242. The number of carbonyl (C=O) groups is 1. The summed E-state index contributed by atoms with van der Waals surface area (Å²) >= 11 is 0. The van der Waals surface area contributed by atoms with Gasteiger partial charge in [-0.15, -0.1) is 5.10 Å². The van der Waals surface area contributed by atoms with Crippen LogP contribution in [0.25, 0.3) is 0 Å². The van der Waals surface area contributed by atoms with Crippen LogP contribution in [0.4, 0.5) is 0 Å². The lowest BCUT2D eigenvalue weighted by atomic mass is 10.7. The van der Waals surface area contributed by atoms with Crippen molar-refractivity contribution in [3.05, 3.63) is 12.3 Å². The predicted octanol–water partition coefficient (Wildman–Crippen LogP) is 0.552. The normalized spacial score (nSPS) is 9.40. The molecule has 1 aromatic heterocycles. The summed E-state index contributed by atoms with van der Waals surface area (Å²) in [5, 5.41) is 3.77. The second kappa shape index (κ2) is 2.51.